The van der Waals surface area contributed by atoms with Crippen LogP contribution in [0.15, 0.2) is 45.5 Å². The standard InChI is InChI=1S/C11H7BrO3/c12-9-4-3-7(11(13)14)6-8(9)10-2-1-5-15-10/h1-6H,(H,13,14). The molecule has 0 bridgehead atoms. The van der Waals surface area contributed by atoms with E-state index < -0.39 is 5.97 Å². The van der Waals surface area contributed by atoms with Crippen molar-refractivity contribution < 1.29 is 14.3 Å². The van der Waals surface area contributed by atoms with E-state index in [1.54, 1.807) is 36.6 Å². The maximum absolute atomic E-state index is 10.8. The van der Waals surface area contributed by atoms with Gasteiger partial charge in [-0.1, -0.05) is 15.9 Å². The molecule has 2 rings (SSSR count). The molecule has 4 heteroatoms. The normalized spacial score (nSPS) is 10.2. The highest BCUT2D eigenvalue weighted by molar-refractivity contribution is 9.10. The molecule has 2 aromatic rings. The first-order chi connectivity index (χ1) is 7.18. The van der Waals surface area contributed by atoms with Gasteiger partial charge < -0.3 is 9.52 Å². The zero-order valence-corrected chi connectivity index (χ0v) is 9.19. The molecule has 0 radical (unpaired) electrons. The second-order valence-corrected chi connectivity index (χ2v) is 3.83. The second-order valence-electron chi connectivity index (χ2n) is 2.98. The van der Waals surface area contributed by atoms with E-state index in [0.717, 1.165) is 10.0 Å². The average Bonchev–Trinajstić information content (AvgIpc) is 2.71. The number of rotatable bonds is 2. The third-order valence-corrected chi connectivity index (χ3v) is 2.69. The number of hydrogen-bond donors (Lipinski definition) is 1. The number of carboxylic acids is 1. The van der Waals surface area contributed by atoms with Gasteiger partial charge in [-0.05, 0) is 30.3 Å². The van der Waals surface area contributed by atoms with E-state index in [4.69, 9.17) is 9.52 Å². The molecule has 3 nitrogen and oxygen atoms in total. The monoisotopic (exact) mass is 266 g/mol. The zero-order valence-electron chi connectivity index (χ0n) is 7.61. The highest BCUT2D eigenvalue weighted by Gasteiger charge is 2.10. The van der Waals surface area contributed by atoms with Crippen LogP contribution in [0.5, 0.6) is 0 Å². The summed E-state index contributed by atoms with van der Waals surface area (Å²) in [6.07, 6.45) is 1.55. The van der Waals surface area contributed by atoms with Gasteiger partial charge >= 0.3 is 5.97 Å². The topological polar surface area (TPSA) is 50.4 Å². The van der Waals surface area contributed by atoms with Gasteiger partial charge in [0.1, 0.15) is 5.76 Å². The quantitative estimate of drug-likeness (QED) is 0.907. The number of halogens is 1. The van der Waals surface area contributed by atoms with Gasteiger partial charge in [0.25, 0.3) is 0 Å². The van der Waals surface area contributed by atoms with Crippen LogP contribution in [0.25, 0.3) is 11.3 Å². The minimum Gasteiger partial charge on any atom is -0.478 e. The Morgan fingerprint density at radius 2 is 2.13 bits per heavy atom. The average molecular weight is 267 g/mol. The number of furan rings is 1. The molecule has 0 aliphatic heterocycles. The molecule has 15 heavy (non-hydrogen) atoms. The molecule has 1 heterocycles. The van der Waals surface area contributed by atoms with Crippen LogP contribution in [-0.2, 0) is 0 Å². The molecule has 0 fully saturated rings. The molecule has 1 aromatic carbocycles. The van der Waals surface area contributed by atoms with Gasteiger partial charge in [0.2, 0.25) is 0 Å². The van der Waals surface area contributed by atoms with Crippen LogP contribution < -0.4 is 0 Å². The van der Waals surface area contributed by atoms with Crippen LogP contribution in [0, 0.1) is 0 Å². The van der Waals surface area contributed by atoms with Crippen LogP contribution in [-0.4, -0.2) is 11.1 Å². The molecule has 0 amide bonds. The fraction of sp³-hybridized carbons (Fsp3) is 0. The van der Waals surface area contributed by atoms with Crippen molar-refractivity contribution in [2.75, 3.05) is 0 Å². The van der Waals surface area contributed by atoms with Gasteiger partial charge in [0.05, 0.1) is 11.8 Å². The first-order valence-electron chi connectivity index (χ1n) is 4.25. The summed E-state index contributed by atoms with van der Waals surface area (Å²) >= 11 is 3.35. The van der Waals surface area contributed by atoms with Crippen molar-refractivity contribution >= 4 is 21.9 Å². The minimum atomic E-state index is -0.949. The number of benzene rings is 1. The van der Waals surface area contributed by atoms with Gasteiger partial charge in [-0.25, -0.2) is 4.79 Å². The summed E-state index contributed by atoms with van der Waals surface area (Å²) in [7, 11) is 0. The van der Waals surface area contributed by atoms with E-state index in [1.165, 1.54) is 0 Å². The van der Waals surface area contributed by atoms with E-state index in [2.05, 4.69) is 15.9 Å². The Labute approximate surface area is 94.5 Å². The van der Waals surface area contributed by atoms with E-state index in [1.807, 2.05) is 0 Å². The Morgan fingerprint density at radius 1 is 1.33 bits per heavy atom. The van der Waals surface area contributed by atoms with E-state index in [0.29, 0.717) is 5.76 Å². The third kappa shape index (κ3) is 1.94. The third-order valence-electron chi connectivity index (χ3n) is 2.00. The molecule has 1 N–H and O–H groups in total. The molecular weight excluding hydrogens is 260 g/mol. The molecule has 0 aliphatic carbocycles. The molecule has 0 saturated carbocycles. The van der Waals surface area contributed by atoms with Gasteiger partial charge in [-0.15, -0.1) is 0 Å². The molecule has 0 unspecified atom stereocenters. The summed E-state index contributed by atoms with van der Waals surface area (Å²) in [5.41, 5.74) is 0.976. The fourth-order valence-electron chi connectivity index (χ4n) is 1.28. The van der Waals surface area contributed by atoms with E-state index in [-0.39, 0.29) is 5.56 Å². The molecule has 0 aliphatic rings. The largest absolute Gasteiger partial charge is 0.478 e. The van der Waals surface area contributed by atoms with Crippen LogP contribution in [0.4, 0.5) is 0 Å². The summed E-state index contributed by atoms with van der Waals surface area (Å²) in [6.45, 7) is 0. The lowest BCUT2D eigenvalue weighted by Crippen LogP contribution is -1.96. The van der Waals surface area contributed by atoms with Crippen molar-refractivity contribution in [3.63, 3.8) is 0 Å². The summed E-state index contributed by atoms with van der Waals surface area (Å²) in [5, 5.41) is 8.85. The maximum Gasteiger partial charge on any atom is 0.335 e. The van der Waals surface area contributed by atoms with E-state index >= 15 is 0 Å². The maximum atomic E-state index is 10.8. The second kappa shape index (κ2) is 3.90. The van der Waals surface area contributed by atoms with Crippen LogP contribution in [0.2, 0.25) is 0 Å². The van der Waals surface area contributed by atoms with Gasteiger partial charge in [0, 0.05) is 10.0 Å². The van der Waals surface area contributed by atoms with Gasteiger partial charge in [-0.3, -0.25) is 0 Å². The first kappa shape index (κ1) is 9.98. The first-order valence-corrected chi connectivity index (χ1v) is 5.04. The molecule has 0 saturated heterocycles. The van der Waals surface area contributed by atoms with Crippen molar-refractivity contribution in [2.45, 2.75) is 0 Å². The summed E-state index contributed by atoms with van der Waals surface area (Å²) in [6, 6.07) is 8.35. The van der Waals surface area contributed by atoms with Crippen molar-refractivity contribution in [3.8, 4) is 11.3 Å². The van der Waals surface area contributed by atoms with Crippen LogP contribution in [0.1, 0.15) is 10.4 Å². The zero-order chi connectivity index (χ0) is 10.8. The van der Waals surface area contributed by atoms with Crippen LogP contribution >= 0.6 is 15.9 Å². The van der Waals surface area contributed by atoms with Crippen molar-refractivity contribution in [2.24, 2.45) is 0 Å². The molecule has 76 valence electrons. The fourth-order valence-corrected chi connectivity index (χ4v) is 1.72. The van der Waals surface area contributed by atoms with Gasteiger partial charge in [-0.2, -0.15) is 0 Å². The highest BCUT2D eigenvalue weighted by Crippen LogP contribution is 2.29. The lowest BCUT2D eigenvalue weighted by Gasteiger charge is -2.02. The lowest BCUT2D eigenvalue weighted by atomic mass is 10.1. The Kier molecular flexibility index (Phi) is 2.60. The summed E-state index contributed by atoms with van der Waals surface area (Å²) in [4.78, 5) is 10.8. The molecule has 1 aromatic heterocycles. The summed E-state index contributed by atoms with van der Waals surface area (Å²) in [5.74, 6) is -0.305. The number of hydrogen-bond acceptors (Lipinski definition) is 2. The van der Waals surface area contributed by atoms with Crippen molar-refractivity contribution in [1.29, 1.82) is 0 Å². The minimum absolute atomic E-state index is 0.240. The molecule has 0 spiro atoms. The highest BCUT2D eigenvalue weighted by atomic mass is 79.9. The van der Waals surface area contributed by atoms with E-state index in [9.17, 15) is 4.79 Å². The molecule has 0 atom stereocenters. The van der Waals surface area contributed by atoms with Crippen molar-refractivity contribution in [3.05, 3.63) is 46.6 Å². The predicted octanol–water partition coefficient (Wildman–Crippen LogP) is 3.41. The Morgan fingerprint density at radius 3 is 2.73 bits per heavy atom. The Bertz CT molecular complexity index is 489. The Hall–Kier alpha value is -1.55. The van der Waals surface area contributed by atoms with Crippen LogP contribution in [0.3, 0.4) is 0 Å². The SMILES string of the molecule is O=C(O)c1ccc(Br)c(-c2ccco2)c1. The number of aromatic carboxylic acids is 1. The smallest absolute Gasteiger partial charge is 0.335 e. The molecular formula is C11H7BrO3. The number of carbonyl (C=O) groups is 1. The van der Waals surface area contributed by atoms with Crippen molar-refractivity contribution in [1.82, 2.24) is 0 Å². The number of carboxylic acid groups (broad SMARTS) is 1. The lowest BCUT2D eigenvalue weighted by molar-refractivity contribution is 0.0697. The predicted molar refractivity (Wildman–Crippen MR) is 58.8 cm³/mol. The Balaban J connectivity index is 2.55. The summed E-state index contributed by atoms with van der Waals surface area (Å²) < 4.78 is 6.02. The van der Waals surface area contributed by atoms with Gasteiger partial charge in [0.15, 0.2) is 0 Å².